The van der Waals surface area contributed by atoms with E-state index in [2.05, 4.69) is 24.3 Å². The van der Waals surface area contributed by atoms with Gasteiger partial charge in [-0.3, -0.25) is 0 Å². The number of ether oxygens (including phenoxy) is 1. The Morgan fingerprint density at radius 3 is 2.36 bits per heavy atom. The first kappa shape index (κ1) is 13.9. The van der Waals surface area contributed by atoms with Crippen molar-refractivity contribution in [3.8, 4) is 22.9 Å². The zero-order chi connectivity index (χ0) is 15.2. The van der Waals surface area contributed by atoms with Crippen LogP contribution in [0.1, 0.15) is 11.1 Å². The van der Waals surface area contributed by atoms with Crippen molar-refractivity contribution in [3.63, 3.8) is 0 Å². The molecule has 0 N–H and O–H groups in total. The first-order chi connectivity index (χ1) is 10.8. The second kappa shape index (κ2) is 6.60. The Hall–Kier alpha value is -3.05. The SMILES string of the molecule is N#Cc1cccc(COc2cccc(-c3ccccc3)c2)c1. The van der Waals surface area contributed by atoms with Crippen LogP contribution in [-0.4, -0.2) is 0 Å². The number of rotatable bonds is 4. The minimum Gasteiger partial charge on any atom is -0.489 e. The normalized spacial score (nSPS) is 9.95. The fourth-order valence-electron chi connectivity index (χ4n) is 2.29. The minimum absolute atomic E-state index is 0.452. The predicted octanol–water partition coefficient (Wildman–Crippen LogP) is 4.80. The smallest absolute Gasteiger partial charge is 0.120 e. The summed E-state index contributed by atoms with van der Waals surface area (Å²) in [5, 5.41) is 8.92. The highest BCUT2D eigenvalue weighted by molar-refractivity contribution is 5.64. The van der Waals surface area contributed by atoms with E-state index in [0.717, 1.165) is 16.9 Å². The van der Waals surface area contributed by atoms with Crippen LogP contribution in [0.15, 0.2) is 78.9 Å². The Morgan fingerprint density at radius 2 is 1.55 bits per heavy atom. The zero-order valence-corrected chi connectivity index (χ0v) is 12.1. The van der Waals surface area contributed by atoms with Crippen LogP contribution in [0.25, 0.3) is 11.1 Å². The Balaban J connectivity index is 1.75. The van der Waals surface area contributed by atoms with Crippen molar-refractivity contribution < 1.29 is 4.74 Å². The van der Waals surface area contributed by atoms with Gasteiger partial charge in [0.15, 0.2) is 0 Å². The highest BCUT2D eigenvalue weighted by atomic mass is 16.5. The lowest BCUT2D eigenvalue weighted by atomic mass is 10.1. The summed E-state index contributed by atoms with van der Waals surface area (Å²) >= 11 is 0. The molecule has 0 amide bonds. The van der Waals surface area contributed by atoms with Crippen molar-refractivity contribution in [2.24, 2.45) is 0 Å². The van der Waals surface area contributed by atoms with E-state index < -0.39 is 0 Å². The molecule has 0 saturated carbocycles. The van der Waals surface area contributed by atoms with Crippen molar-refractivity contribution in [1.29, 1.82) is 5.26 Å². The molecule has 0 atom stereocenters. The van der Waals surface area contributed by atoms with Crippen molar-refractivity contribution in [2.45, 2.75) is 6.61 Å². The average molecular weight is 285 g/mol. The van der Waals surface area contributed by atoms with Gasteiger partial charge in [0.2, 0.25) is 0 Å². The summed E-state index contributed by atoms with van der Waals surface area (Å²) in [6.07, 6.45) is 0. The van der Waals surface area contributed by atoms with Crippen LogP contribution in [0.2, 0.25) is 0 Å². The number of nitrogens with zero attached hydrogens (tertiary/aromatic N) is 1. The lowest BCUT2D eigenvalue weighted by Crippen LogP contribution is -1.96. The molecule has 106 valence electrons. The Labute approximate surface area is 130 Å². The molecule has 3 aromatic rings. The van der Waals surface area contributed by atoms with Gasteiger partial charge in [0.1, 0.15) is 12.4 Å². The summed E-state index contributed by atoms with van der Waals surface area (Å²) in [5.41, 5.74) is 3.94. The highest BCUT2D eigenvalue weighted by Crippen LogP contribution is 2.24. The van der Waals surface area contributed by atoms with Crippen molar-refractivity contribution >= 4 is 0 Å². The molecule has 0 fully saturated rings. The van der Waals surface area contributed by atoms with E-state index in [4.69, 9.17) is 10.00 Å². The Morgan fingerprint density at radius 1 is 0.773 bits per heavy atom. The molecule has 22 heavy (non-hydrogen) atoms. The van der Waals surface area contributed by atoms with Crippen LogP contribution in [0.5, 0.6) is 5.75 Å². The minimum atomic E-state index is 0.452. The summed E-state index contributed by atoms with van der Waals surface area (Å²) in [7, 11) is 0. The van der Waals surface area contributed by atoms with Gasteiger partial charge in [0.25, 0.3) is 0 Å². The average Bonchev–Trinajstić information content (AvgIpc) is 2.61. The lowest BCUT2D eigenvalue weighted by Gasteiger charge is -2.08. The third-order valence-electron chi connectivity index (χ3n) is 3.40. The first-order valence-electron chi connectivity index (χ1n) is 7.12. The molecule has 0 heterocycles. The van der Waals surface area contributed by atoms with E-state index in [9.17, 15) is 0 Å². The third-order valence-corrected chi connectivity index (χ3v) is 3.40. The van der Waals surface area contributed by atoms with E-state index in [0.29, 0.717) is 12.2 Å². The quantitative estimate of drug-likeness (QED) is 0.689. The van der Waals surface area contributed by atoms with Gasteiger partial charge in [-0.05, 0) is 41.0 Å². The zero-order valence-electron chi connectivity index (χ0n) is 12.1. The Bertz CT molecular complexity index is 803. The van der Waals surface area contributed by atoms with Gasteiger partial charge >= 0.3 is 0 Å². The first-order valence-corrected chi connectivity index (χ1v) is 7.12. The topological polar surface area (TPSA) is 33.0 Å². The van der Waals surface area contributed by atoms with Crippen LogP contribution in [0.3, 0.4) is 0 Å². The molecule has 0 saturated heterocycles. The molecule has 0 radical (unpaired) electrons. The number of hydrogen-bond donors (Lipinski definition) is 0. The fourth-order valence-corrected chi connectivity index (χ4v) is 2.29. The summed E-state index contributed by atoms with van der Waals surface area (Å²) in [4.78, 5) is 0. The van der Waals surface area contributed by atoms with E-state index in [1.165, 1.54) is 5.56 Å². The van der Waals surface area contributed by atoms with Gasteiger partial charge in [0, 0.05) is 0 Å². The van der Waals surface area contributed by atoms with Gasteiger partial charge in [0.05, 0.1) is 11.6 Å². The fraction of sp³-hybridized carbons (Fsp3) is 0.0500. The predicted molar refractivity (Wildman–Crippen MR) is 87.4 cm³/mol. The molecule has 3 aromatic carbocycles. The third kappa shape index (κ3) is 3.34. The number of benzene rings is 3. The van der Waals surface area contributed by atoms with Crippen molar-refractivity contribution in [2.75, 3.05) is 0 Å². The van der Waals surface area contributed by atoms with E-state index in [1.54, 1.807) is 6.07 Å². The molecular weight excluding hydrogens is 270 g/mol. The van der Waals surface area contributed by atoms with Crippen LogP contribution < -0.4 is 4.74 Å². The van der Waals surface area contributed by atoms with Crippen LogP contribution in [0, 0.1) is 11.3 Å². The molecular formula is C20H15NO. The van der Waals surface area contributed by atoms with Crippen LogP contribution in [0.4, 0.5) is 0 Å². The molecule has 0 aromatic heterocycles. The van der Waals surface area contributed by atoms with Gasteiger partial charge in [-0.1, -0.05) is 54.6 Å². The molecule has 0 spiro atoms. The van der Waals surface area contributed by atoms with E-state index >= 15 is 0 Å². The molecule has 3 rings (SSSR count). The number of nitriles is 1. The number of hydrogen-bond acceptors (Lipinski definition) is 2. The van der Waals surface area contributed by atoms with Crippen LogP contribution in [-0.2, 0) is 6.61 Å². The summed E-state index contributed by atoms with van der Waals surface area (Å²) in [5.74, 6) is 0.823. The lowest BCUT2D eigenvalue weighted by molar-refractivity contribution is 0.306. The highest BCUT2D eigenvalue weighted by Gasteiger charge is 2.01. The van der Waals surface area contributed by atoms with Crippen molar-refractivity contribution in [3.05, 3.63) is 90.0 Å². The Kier molecular flexibility index (Phi) is 4.17. The van der Waals surface area contributed by atoms with Crippen LogP contribution >= 0.6 is 0 Å². The van der Waals surface area contributed by atoms with Gasteiger partial charge < -0.3 is 4.74 Å². The maximum absolute atomic E-state index is 8.92. The maximum atomic E-state index is 8.92. The second-order valence-corrected chi connectivity index (χ2v) is 4.99. The molecule has 0 bridgehead atoms. The second-order valence-electron chi connectivity index (χ2n) is 4.99. The molecule has 2 heteroatoms. The van der Waals surface area contributed by atoms with Gasteiger partial charge in [-0.25, -0.2) is 0 Å². The monoisotopic (exact) mass is 285 g/mol. The standard InChI is InChI=1S/C20H15NO/c21-14-16-6-4-7-17(12-16)15-22-20-11-5-10-19(13-20)18-8-2-1-3-9-18/h1-13H,15H2. The van der Waals surface area contributed by atoms with Gasteiger partial charge in [-0.15, -0.1) is 0 Å². The molecule has 0 aliphatic heterocycles. The molecule has 0 aliphatic rings. The molecule has 0 unspecified atom stereocenters. The molecule has 2 nitrogen and oxygen atoms in total. The molecule has 0 aliphatic carbocycles. The summed E-state index contributed by atoms with van der Waals surface area (Å²) < 4.78 is 5.84. The summed E-state index contributed by atoms with van der Waals surface area (Å²) in [6.45, 7) is 0.452. The van der Waals surface area contributed by atoms with Crippen molar-refractivity contribution in [1.82, 2.24) is 0 Å². The van der Waals surface area contributed by atoms with E-state index in [-0.39, 0.29) is 0 Å². The van der Waals surface area contributed by atoms with Gasteiger partial charge in [-0.2, -0.15) is 5.26 Å². The maximum Gasteiger partial charge on any atom is 0.120 e. The largest absolute Gasteiger partial charge is 0.489 e. The summed E-state index contributed by atoms with van der Waals surface area (Å²) in [6, 6.07) is 27.9. The van der Waals surface area contributed by atoms with E-state index in [1.807, 2.05) is 54.6 Å².